The van der Waals surface area contributed by atoms with Crippen LogP contribution in [0.25, 0.3) is 0 Å². The molecule has 0 aromatic carbocycles. The van der Waals surface area contributed by atoms with Crippen molar-refractivity contribution in [2.45, 2.75) is 79.6 Å². The Balaban J connectivity index is 0. The second-order valence-electron chi connectivity index (χ2n) is 6.70. The number of aliphatic carboxylic acids is 2. The highest BCUT2D eigenvalue weighted by atomic mass is 16.4. The molecule has 0 saturated carbocycles. The van der Waals surface area contributed by atoms with Gasteiger partial charge in [0.05, 0.1) is 0 Å². The summed E-state index contributed by atoms with van der Waals surface area (Å²) in [4.78, 5) is 20.2. The molecule has 0 aliphatic heterocycles. The monoisotopic (exact) mass is 302 g/mol. The van der Waals surface area contributed by atoms with Crippen molar-refractivity contribution in [1.82, 2.24) is 0 Å². The van der Waals surface area contributed by atoms with E-state index >= 15 is 0 Å². The predicted molar refractivity (Wildman–Crippen MR) is 86.4 cm³/mol. The molecule has 0 bridgehead atoms. The van der Waals surface area contributed by atoms with Crippen LogP contribution in [0, 0.1) is 17.8 Å². The zero-order chi connectivity index (χ0) is 16.8. The van der Waals surface area contributed by atoms with Crippen LogP contribution in [-0.4, -0.2) is 22.2 Å². The molecule has 0 radical (unpaired) electrons. The third-order valence-corrected chi connectivity index (χ3v) is 3.15. The number of hydrogen-bond acceptors (Lipinski definition) is 2. The molecular weight excluding hydrogens is 268 g/mol. The van der Waals surface area contributed by atoms with E-state index in [2.05, 4.69) is 34.6 Å². The first-order valence-corrected chi connectivity index (χ1v) is 8.08. The first-order chi connectivity index (χ1) is 9.65. The molecule has 4 nitrogen and oxygen atoms in total. The molecule has 0 aliphatic carbocycles. The van der Waals surface area contributed by atoms with Gasteiger partial charge in [0.15, 0.2) is 0 Å². The van der Waals surface area contributed by atoms with Gasteiger partial charge in [-0.15, -0.1) is 0 Å². The molecule has 0 fully saturated rings. The van der Waals surface area contributed by atoms with Crippen LogP contribution in [-0.2, 0) is 9.59 Å². The van der Waals surface area contributed by atoms with E-state index in [1.165, 1.54) is 0 Å². The van der Waals surface area contributed by atoms with Gasteiger partial charge in [0.1, 0.15) is 0 Å². The Hall–Kier alpha value is -1.06. The van der Waals surface area contributed by atoms with Gasteiger partial charge in [0.25, 0.3) is 0 Å². The highest BCUT2D eigenvalue weighted by Gasteiger charge is 2.06. The Morgan fingerprint density at radius 3 is 1.67 bits per heavy atom. The Morgan fingerprint density at radius 1 is 0.762 bits per heavy atom. The van der Waals surface area contributed by atoms with Gasteiger partial charge in [-0.3, -0.25) is 9.59 Å². The summed E-state index contributed by atoms with van der Waals surface area (Å²) in [6.45, 7) is 10.7. The van der Waals surface area contributed by atoms with Crippen molar-refractivity contribution in [3.63, 3.8) is 0 Å². The molecule has 0 heterocycles. The summed E-state index contributed by atoms with van der Waals surface area (Å²) in [6.07, 6.45) is 5.60. The van der Waals surface area contributed by atoms with E-state index in [1.807, 2.05) is 0 Å². The summed E-state index contributed by atoms with van der Waals surface area (Å²) in [5.41, 5.74) is 0. The number of carbonyl (C=O) groups is 2. The molecule has 0 rings (SSSR count). The van der Waals surface area contributed by atoms with Crippen LogP contribution >= 0.6 is 0 Å². The van der Waals surface area contributed by atoms with Crippen molar-refractivity contribution in [2.24, 2.45) is 17.8 Å². The molecule has 4 heteroatoms. The fourth-order valence-electron chi connectivity index (χ4n) is 2.12. The third-order valence-electron chi connectivity index (χ3n) is 3.15. The smallest absolute Gasteiger partial charge is 0.303 e. The average molecular weight is 302 g/mol. The molecule has 21 heavy (non-hydrogen) atoms. The van der Waals surface area contributed by atoms with E-state index in [-0.39, 0.29) is 0 Å². The molecule has 0 aromatic heterocycles. The fraction of sp³-hybridized carbons (Fsp3) is 0.882. The maximum Gasteiger partial charge on any atom is 0.303 e. The first kappa shape index (κ1) is 22.2. The van der Waals surface area contributed by atoms with Gasteiger partial charge in [-0.05, 0) is 37.0 Å². The van der Waals surface area contributed by atoms with Crippen molar-refractivity contribution in [2.75, 3.05) is 0 Å². The molecule has 0 amide bonds. The van der Waals surface area contributed by atoms with E-state index in [9.17, 15) is 9.59 Å². The number of hydrogen-bond donors (Lipinski definition) is 2. The predicted octanol–water partition coefficient (Wildman–Crippen LogP) is 4.82. The third kappa shape index (κ3) is 24.4. The molecule has 0 aliphatic rings. The van der Waals surface area contributed by atoms with Crippen molar-refractivity contribution in [1.29, 1.82) is 0 Å². The SMILES string of the molecule is CC(C)CC(C)CCC(=O)O.CC(C)CCCCC(=O)O. The minimum atomic E-state index is -0.680. The van der Waals surface area contributed by atoms with Gasteiger partial charge in [0, 0.05) is 12.8 Å². The zero-order valence-electron chi connectivity index (χ0n) is 14.4. The standard InChI is InChI=1S/C9H18O2.C8H16O2/c1-7(2)6-8(3)4-5-9(10)11;1-7(2)5-3-4-6-8(9)10/h7-8H,4-6H2,1-3H3,(H,10,11);7H,3-6H2,1-2H3,(H,9,10). The summed E-state index contributed by atoms with van der Waals surface area (Å²) >= 11 is 0. The lowest BCUT2D eigenvalue weighted by Gasteiger charge is -2.11. The molecular formula is C17H34O4. The Labute approximate surface area is 129 Å². The lowest BCUT2D eigenvalue weighted by atomic mass is 9.95. The first-order valence-electron chi connectivity index (χ1n) is 8.08. The summed E-state index contributed by atoms with van der Waals surface area (Å²) < 4.78 is 0. The van der Waals surface area contributed by atoms with Crippen LogP contribution in [0.4, 0.5) is 0 Å². The minimum Gasteiger partial charge on any atom is -0.481 e. The van der Waals surface area contributed by atoms with Gasteiger partial charge >= 0.3 is 11.9 Å². The number of carboxylic acid groups (broad SMARTS) is 2. The van der Waals surface area contributed by atoms with Gasteiger partial charge in [0.2, 0.25) is 0 Å². The number of unbranched alkanes of at least 4 members (excludes halogenated alkanes) is 1. The molecule has 126 valence electrons. The summed E-state index contributed by atoms with van der Waals surface area (Å²) in [5, 5.41) is 16.7. The number of rotatable bonds is 10. The van der Waals surface area contributed by atoms with E-state index in [0.29, 0.717) is 30.6 Å². The van der Waals surface area contributed by atoms with Crippen LogP contribution in [0.15, 0.2) is 0 Å². The van der Waals surface area contributed by atoms with Crippen LogP contribution in [0.1, 0.15) is 79.6 Å². The van der Waals surface area contributed by atoms with Crippen LogP contribution < -0.4 is 0 Å². The molecule has 0 spiro atoms. The lowest BCUT2D eigenvalue weighted by Crippen LogP contribution is -2.03. The lowest BCUT2D eigenvalue weighted by molar-refractivity contribution is -0.138. The highest BCUT2D eigenvalue weighted by molar-refractivity contribution is 5.66. The van der Waals surface area contributed by atoms with Crippen molar-refractivity contribution < 1.29 is 19.8 Å². The second-order valence-corrected chi connectivity index (χ2v) is 6.70. The van der Waals surface area contributed by atoms with Gasteiger partial charge < -0.3 is 10.2 Å². The van der Waals surface area contributed by atoms with E-state index < -0.39 is 11.9 Å². The van der Waals surface area contributed by atoms with E-state index in [0.717, 1.165) is 32.1 Å². The summed E-state index contributed by atoms with van der Waals surface area (Å²) in [5.74, 6) is 0.572. The maximum absolute atomic E-state index is 10.2. The van der Waals surface area contributed by atoms with E-state index in [1.54, 1.807) is 0 Å². The Bertz CT molecular complexity index is 272. The van der Waals surface area contributed by atoms with Crippen molar-refractivity contribution >= 4 is 11.9 Å². The minimum absolute atomic E-state index is 0.313. The van der Waals surface area contributed by atoms with E-state index in [4.69, 9.17) is 10.2 Å². The fourth-order valence-corrected chi connectivity index (χ4v) is 2.12. The van der Waals surface area contributed by atoms with Crippen LogP contribution in [0.3, 0.4) is 0 Å². The topological polar surface area (TPSA) is 74.6 Å². The molecule has 1 unspecified atom stereocenters. The second kappa shape index (κ2) is 13.9. The molecule has 0 aromatic rings. The van der Waals surface area contributed by atoms with Crippen LogP contribution in [0.5, 0.6) is 0 Å². The van der Waals surface area contributed by atoms with Crippen LogP contribution in [0.2, 0.25) is 0 Å². The summed E-state index contributed by atoms with van der Waals surface area (Å²) in [6, 6.07) is 0. The Morgan fingerprint density at radius 2 is 1.29 bits per heavy atom. The van der Waals surface area contributed by atoms with Crippen molar-refractivity contribution in [3.05, 3.63) is 0 Å². The average Bonchev–Trinajstić information content (AvgIpc) is 2.32. The Kier molecular flexibility index (Phi) is 14.7. The molecule has 0 saturated heterocycles. The summed E-state index contributed by atoms with van der Waals surface area (Å²) in [7, 11) is 0. The maximum atomic E-state index is 10.2. The molecule has 1 atom stereocenters. The van der Waals surface area contributed by atoms with Gasteiger partial charge in [-0.1, -0.05) is 47.5 Å². The number of carboxylic acids is 2. The zero-order valence-corrected chi connectivity index (χ0v) is 14.4. The van der Waals surface area contributed by atoms with Gasteiger partial charge in [-0.2, -0.15) is 0 Å². The highest BCUT2D eigenvalue weighted by Crippen LogP contribution is 2.15. The largest absolute Gasteiger partial charge is 0.481 e. The quantitative estimate of drug-likeness (QED) is 0.567. The molecule has 2 N–H and O–H groups in total. The normalized spacial score (nSPS) is 12.0. The van der Waals surface area contributed by atoms with Gasteiger partial charge in [-0.25, -0.2) is 0 Å². The van der Waals surface area contributed by atoms with Crippen molar-refractivity contribution in [3.8, 4) is 0 Å².